The smallest absolute Gasteiger partial charge is 0.408 e. The summed E-state index contributed by atoms with van der Waals surface area (Å²) in [6, 6.07) is 5.60. The van der Waals surface area contributed by atoms with Gasteiger partial charge in [-0.25, -0.2) is 18.2 Å². The molecule has 4 heterocycles. The van der Waals surface area contributed by atoms with Gasteiger partial charge < -0.3 is 39.5 Å². The number of pyridine rings is 1. The van der Waals surface area contributed by atoms with Crippen molar-refractivity contribution >= 4 is 44.7 Å². The normalized spacial score (nSPS) is 29.7. The number of aromatic nitrogens is 1. The summed E-state index contributed by atoms with van der Waals surface area (Å²) in [7, 11) is -1.76. The highest BCUT2D eigenvalue weighted by molar-refractivity contribution is 7.91. The molecule has 8 rings (SSSR count). The molecule has 5 fully saturated rings. The van der Waals surface area contributed by atoms with E-state index in [4.69, 9.17) is 19.2 Å². The molecule has 63 heavy (non-hydrogen) atoms. The van der Waals surface area contributed by atoms with Crippen LogP contribution in [0.2, 0.25) is 0 Å². The van der Waals surface area contributed by atoms with Crippen molar-refractivity contribution in [2.75, 3.05) is 52.9 Å². The van der Waals surface area contributed by atoms with Gasteiger partial charge in [-0.3, -0.25) is 19.1 Å². The van der Waals surface area contributed by atoms with E-state index in [1.165, 1.54) is 11.0 Å². The molecule has 6 aliphatic rings. The zero-order valence-corrected chi connectivity index (χ0v) is 38.1. The predicted octanol–water partition coefficient (Wildman–Crippen LogP) is 3.91. The van der Waals surface area contributed by atoms with Gasteiger partial charge in [0.15, 0.2) is 0 Å². The van der Waals surface area contributed by atoms with Gasteiger partial charge >= 0.3 is 6.09 Å². The number of sulfonamides is 1. The average Bonchev–Trinajstić information content (AvgIpc) is 4.18. The fraction of sp³-hybridized carbons (Fsp3) is 0.674. The second-order valence-electron chi connectivity index (χ2n) is 19.7. The summed E-state index contributed by atoms with van der Waals surface area (Å²) in [5, 5.41) is 5.94. The minimum Gasteiger partial charge on any atom is -0.492 e. The topological polar surface area (TPSA) is 189 Å². The Morgan fingerprint density at radius 1 is 1.05 bits per heavy atom. The molecule has 2 bridgehead atoms. The molecule has 7 atom stereocenters. The molecular formula is C46H65N7O9S. The van der Waals surface area contributed by atoms with Gasteiger partial charge in [0, 0.05) is 50.4 Å². The van der Waals surface area contributed by atoms with Gasteiger partial charge in [0.05, 0.1) is 29.5 Å². The molecule has 0 spiro atoms. The van der Waals surface area contributed by atoms with Crippen molar-refractivity contribution in [3.63, 3.8) is 0 Å². The van der Waals surface area contributed by atoms with Crippen LogP contribution in [0.1, 0.15) is 90.5 Å². The highest BCUT2D eigenvalue weighted by atomic mass is 32.2. The lowest BCUT2D eigenvalue weighted by atomic mass is 9.85. The Morgan fingerprint density at radius 3 is 2.52 bits per heavy atom. The van der Waals surface area contributed by atoms with Gasteiger partial charge in [0.25, 0.3) is 5.91 Å². The van der Waals surface area contributed by atoms with Crippen LogP contribution in [0.4, 0.5) is 4.79 Å². The zero-order valence-electron chi connectivity index (χ0n) is 37.2. The molecule has 0 unspecified atom stereocenters. The largest absolute Gasteiger partial charge is 0.492 e. The van der Waals surface area contributed by atoms with Crippen LogP contribution in [0.15, 0.2) is 36.9 Å². The Hall–Kier alpha value is -4.48. The number of rotatable bonds is 11. The van der Waals surface area contributed by atoms with Crippen molar-refractivity contribution in [1.82, 2.24) is 35.0 Å². The Labute approximate surface area is 371 Å². The van der Waals surface area contributed by atoms with E-state index in [2.05, 4.69) is 38.8 Å². The Kier molecular flexibility index (Phi) is 13.0. The number of hydrogen-bond acceptors (Lipinski definition) is 12. The van der Waals surface area contributed by atoms with Crippen molar-refractivity contribution < 1.29 is 41.8 Å². The van der Waals surface area contributed by atoms with Gasteiger partial charge in [0.2, 0.25) is 27.7 Å². The lowest BCUT2D eigenvalue weighted by Crippen LogP contribution is -2.60. The number of amides is 4. The molecule has 3 aliphatic carbocycles. The van der Waals surface area contributed by atoms with Gasteiger partial charge in [-0.1, -0.05) is 51.8 Å². The number of nitrogens with one attached hydrogen (secondary N) is 3. The molecule has 4 amide bonds. The molecule has 3 saturated carbocycles. The van der Waals surface area contributed by atoms with Crippen LogP contribution < -0.4 is 24.8 Å². The fourth-order valence-electron chi connectivity index (χ4n) is 9.43. The lowest BCUT2D eigenvalue weighted by molar-refractivity contribution is -0.142. The zero-order chi connectivity index (χ0) is 44.7. The van der Waals surface area contributed by atoms with Crippen LogP contribution in [0.3, 0.4) is 0 Å². The number of piperazine rings is 1. The number of hydrogen-bond donors (Lipinski definition) is 3. The molecule has 16 nitrogen and oxygen atoms in total. The van der Waals surface area contributed by atoms with Gasteiger partial charge in [-0.05, 0) is 81.9 Å². The standard InChI is InChI=1S/C46H65N7O9S/c1-6-30-27-46(30,43(56)50-63(58,59)32-17-18-32)49-40(54)36-26-31-28-53(36)42(55)39(45(2,3)4)48-44(57)62-37-25-29(37)13-8-7-9-15-34-38(33-14-10-11-16-35(33)47-41(34)61-31)60-24-12-19-52-22-20-51(5)21-23-52/h6,10-11,14,16,29-32,36-37,39H,1,7-9,12-13,15,17-28H2,2-5H3,(H,48,57)(H,49,54)(H,50,56)/t29-,30-,31-,36+,37-,39-,46-/m1/s1. The van der Waals surface area contributed by atoms with Gasteiger partial charge in [0.1, 0.15) is 35.6 Å². The molecule has 2 saturated heterocycles. The number of fused-ring (bicyclic) bond motifs is 5. The highest BCUT2D eigenvalue weighted by Crippen LogP contribution is 2.46. The van der Waals surface area contributed by atoms with E-state index >= 15 is 0 Å². The summed E-state index contributed by atoms with van der Waals surface area (Å²) in [4.78, 5) is 67.8. The highest BCUT2D eigenvalue weighted by Gasteiger charge is 2.62. The summed E-state index contributed by atoms with van der Waals surface area (Å²) in [6.45, 7) is 14.9. The Balaban J connectivity index is 1.11. The van der Waals surface area contributed by atoms with E-state index in [1.54, 1.807) is 0 Å². The first-order valence-corrected chi connectivity index (χ1v) is 24.5. The molecule has 0 radical (unpaired) electrons. The third-order valence-corrected chi connectivity index (χ3v) is 15.6. The van der Waals surface area contributed by atoms with Crippen molar-refractivity contribution in [3.05, 3.63) is 42.5 Å². The molecule has 1 aromatic heterocycles. The molecule has 3 N–H and O–H groups in total. The van der Waals surface area contributed by atoms with Crippen molar-refractivity contribution in [3.8, 4) is 11.6 Å². The Morgan fingerprint density at radius 2 is 1.81 bits per heavy atom. The van der Waals surface area contributed by atoms with E-state index in [0.29, 0.717) is 37.3 Å². The van der Waals surface area contributed by atoms with Crippen LogP contribution in [-0.4, -0.2) is 140 Å². The summed E-state index contributed by atoms with van der Waals surface area (Å²) < 4.78 is 47.3. The summed E-state index contributed by atoms with van der Waals surface area (Å²) >= 11 is 0. The van der Waals surface area contributed by atoms with Crippen LogP contribution in [0, 0.1) is 17.3 Å². The van der Waals surface area contributed by atoms with Crippen molar-refractivity contribution in [2.45, 2.75) is 126 Å². The average molecular weight is 892 g/mol. The Bertz CT molecular complexity index is 2190. The maximum atomic E-state index is 14.9. The first-order chi connectivity index (χ1) is 30.1. The number of likely N-dealkylation sites (N-methyl/N-ethyl adjacent to an activating group) is 1. The minimum absolute atomic E-state index is 0.0275. The second-order valence-corrected chi connectivity index (χ2v) is 21.7. The number of benzene rings is 1. The van der Waals surface area contributed by atoms with Crippen LogP contribution in [-0.2, 0) is 35.6 Å². The maximum absolute atomic E-state index is 14.9. The molecule has 3 aliphatic heterocycles. The predicted molar refractivity (Wildman–Crippen MR) is 237 cm³/mol. The van der Waals surface area contributed by atoms with E-state index in [-0.39, 0.29) is 31.4 Å². The maximum Gasteiger partial charge on any atom is 0.408 e. The van der Waals surface area contributed by atoms with E-state index < -0.39 is 74.1 Å². The van der Waals surface area contributed by atoms with Crippen LogP contribution in [0.25, 0.3) is 10.9 Å². The molecule has 2 aromatic rings. The first kappa shape index (κ1) is 45.1. The number of carbonyl (C=O) groups is 4. The summed E-state index contributed by atoms with van der Waals surface area (Å²) in [5.41, 5.74) is -0.823. The van der Waals surface area contributed by atoms with Gasteiger partial charge in [-0.2, -0.15) is 0 Å². The molecule has 17 heteroatoms. The monoisotopic (exact) mass is 891 g/mol. The van der Waals surface area contributed by atoms with E-state index in [0.717, 1.165) is 87.9 Å². The number of nitrogens with zero attached hydrogens (tertiary/aromatic N) is 4. The van der Waals surface area contributed by atoms with Crippen molar-refractivity contribution in [1.29, 1.82) is 0 Å². The summed E-state index contributed by atoms with van der Waals surface area (Å²) in [6.07, 6.45) is 6.88. The first-order valence-electron chi connectivity index (χ1n) is 23.0. The molecule has 344 valence electrons. The second kappa shape index (κ2) is 18.2. The van der Waals surface area contributed by atoms with Crippen LogP contribution >= 0.6 is 0 Å². The molecule has 1 aromatic carbocycles. The van der Waals surface area contributed by atoms with Gasteiger partial charge in [-0.15, -0.1) is 6.58 Å². The van der Waals surface area contributed by atoms with E-state index in [1.807, 2.05) is 45.0 Å². The van der Waals surface area contributed by atoms with E-state index in [9.17, 15) is 27.6 Å². The lowest BCUT2D eigenvalue weighted by Gasteiger charge is -2.35. The minimum atomic E-state index is -3.91. The number of para-hydroxylation sites is 1. The quantitative estimate of drug-likeness (QED) is 0.218. The number of ether oxygens (including phenoxy) is 3. The van der Waals surface area contributed by atoms with Crippen LogP contribution in [0.5, 0.6) is 11.6 Å². The third kappa shape index (κ3) is 10.3. The summed E-state index contributed by atoms with van der Waals surface area (Å²) in [5.74, 6) is -1.15. The fourth-order valence-corrected chi connectivity index (χ4v) is 10.8. The number of carbonyl (C=O) groups excluding carboxylic acids is 4. The third-order valence-electron chi connectivity index (χ3n) is 13.7. The molecular weight excluding hydrogens is 827 g/mol. The van der Waals surface area contributed by atoms with Crippen molar-refractivity contribution in [2.24, 2.45) is 17.3 Å². The number of alkyl carbamates (subject to hydrolysis) is 1. The SMILES string of the molecule is C=C[C@@H]1C[C@]1(NC(=O)[C@@H]1C[C@@H]2CN1C(=O)[C@H](C(C)(C)C)NC(=O)O[C@@H]1C[C@H]1CCCCCc1c(nc3ccccc3c1OCCCN1CCN(C)CC1)O2)C(=O)NS(=O)(=O)C1CC1.